The lowest BCUT2D eigenvalue weighted by atomic mass is 10.3. The number of pyridine rings is 1. The molecule has 0 aliphatic heterocycles. The maximum Gasteiger partial charge on any atom is 0.298 e. The van der Waals surface area contributed by atoms with Crippen molar-refractivity contribution in [3.63, 3.8) is 0 Å². The van der Waals surface area contributed by atoms with Crippen LogP contribution >= 0.6 is 9.24 Å². The highest BCUT2D eigenvalue weighted by atomic mass is 31.0. The molecule has 1 unspecified atom stereocenters. The van der Waals surface area contributed by atoms with Crippen molar-refractivity contribution in [2.24, 2.45) is 0 Å². The van der Waals surface area contributed by atoms with Crippen molar-refractivity contribution < 1.29 is 8.78 Å². The van der Waals surface area contributed by atoms with Crippen molar-refractivity contribution in [1.82, 2.24) is 4.98 Å². The van der Waals surface area contributed by atoms with Gasteiger partial charge in [-0.15, -0.1) is 0 Å². The van der Waals surface area contributed by atoms with Crippen LogP contribution in [0.3, 0.4) is 0 Å². The van der Waals surface area contributed by atoms with Gasteiger partial charge in [0.1, 0.15) is 0 Å². The van der Waals surface area contributed by atoms with E-state index in [0.717, 1.165) is 0 Å². The summed E-state index contributed by atoms with van der Waals surface area (Å²) < 4.78 is 25.1. The summed E-state index contributed by atoms with van der Waals surface area (Å²) in [7, 11) is 1.37. The molecule has 5 heteroatoms. The molecule has 0 aliphatic rings. The lowest BCUT2D eigenvalue weighted by Gasteiger charge is -2.09. The van der Waals surface area contributed by atoms with Crippen LogP contribution in [0, 0.1) is 6.92 Å². The third kappa shape index (κ3) is 1.89. The predicted molar refractivity (Wildman–Crippen MR) is 45.4 cm³/mol. The highest BCUT2D eigenvalue weighted by molar-refractivity contribution is 7.17. The molecule has 1 rings (SSSR count). The number of alkyl halides is 2. The Kier molecular flexibility index (Phi) is 2.29. The SMILES string of the molecule is Cc1ccc(C(F)(F)P)[nH]c1=O. The van der Waals surface area contributed by atoms with E-state index in [-0.39, 0.29) is 5.69 Å². The fourth-order valence-electron chi connectivity index (χ4n) is 0.741. The van der Waals surface area contributed by atoms with Gasteiger partial charge in [-0.25, -0.2) is 0 Å². The summed E-state index contributed by atoms with van der Waals surface area (Å²) in [5, 5.41) is 0. The van der Waals surface area contributed by atoms with Crippen LogP contribution in [0.1, 0.15) is 11.3 Å². The highest BCUT2D eigenvalue weighted by Gasteiger charge is 2.25. The van der Waals surface area contributed by atoms with Crippen LogP contribution in [0.4, 0.5) is 8.78 Å². The van der Waals surface area contributed by atoms with E-state index in [0.29, 0.717) is 5.56 Å². The van der Waals surface area contributed by atoms with Crippen LogP contribution in [0.5, 0.6) is 0 Å². The molecular weight excluding hydrogens is 183 g/mol. The third-order valence-corrected chi connectivity index (χ3v) is 1.78. The smallest absolute Gasteiger partial charge is 0.298 e. The van der Waals surface area contributed by atoms with Gasteiger partial charge >= 0.3 is 0 Å². The molecule has 1 heterocycles. The summed E-state index contributed by atoms with van der Waals surface area (Å²) in [6.45, 7) is 1.56. The van der Waals surface area contributed by atoms with Gasteiger partial charge in [0, 0.05) is 5.56 Å². The Morgan fingerprint density at radius 1 is 1.50 bits per heavy atom. The second kappa shape index (κ2) is 2.94. The van der Waals surface area contributed by atoms with Gasteiger partial charge in [-0.2, -0.15) is 8.78 Å². The number of rotatable bonds is 1. The molecule has 0 radical (unpaired) electrons. The topological polar surface area (TPSA) is 32.9 Å². The van der Waals surface area contributed by atoms with Crippen molar-refractivity contribution >= 4 is 9.24 Å². The zero-order valence-electron chi connectivity index (χ0n) is 6.40. The summed E-state index contributed by atoms with van der Waals surface area (Å²) in [5.74, 6) is 0. The minimum Gasteiger partial charge on any atom is -0.320 e. The van der Waals surface area contributed by atoms with E-state index in [9.17, 15) is 13.6 Å². The van der Waals surface area contributed by atoms with Gasteiger partial charge in [0.25, 0.3) is 11.2 Å². The molecule has 0 spiro atoms. The molecule has 66 valence electrons. The molecule has 0 saturated carbocycles. The maximum absolute atomic E-state index is 12.6. The summed E-state index contributed by atoms with van der Waals surface area (Å²) in [6.07, 6.45) is 0. The lowest BCUT2D eigenvalue weighted by Crippen LogP contribution is -2.16. The average Bonchev–Trinajstić information content (AvgIpc) is 1.92. The Morgan fingerprint density at radius 2 is 2.08 bits per heavy atom. The van der Waals surface area contributed by atoms with Crippen LogP contribution in [0.2, 0.25) is 0 Å². The Hall–Kier alpha value is -0.760. The molecule has 0 aromatic carbocycles. The quantitative estimate of drug-likeness (QED) is 0.672. The number of halogens is 2. The van der Waals surface area contributed by atoms with Crippen LogP contribution in [0.15, 0.2) is 16.9 Å². The van der Waals surface area contributed by atoms with Crippen LogP contribution in [0.25, 0.3) is 0 Å². The Bertz CT molecular complexity index is 342. The minimum atomic E-state index is -3.06. The minimum absolute atomic E-state index is 0.386. The summed E-state index contributed by atoms with van der Waals surface area (Å²) in [6, 6.07) is 2.57. The number of hydrogen-bond donors (Lipinski definition) is 1. The molecule has 0 aliphatic carbocycles. The second-order valence-electron chi connectivity index (χ2n) is 2.51. The standard InChI is InChI=1S/C7H8F2NOP/c1-4-2-3-5(7(8,9)12)10-6(4)11/h2-3H,12H2,1H3,(H,10,11). The summed E-state index contributed by atoms with van der Waals surface area (Å²) in [5.41, 5.74) is -3.50. The van der Waals surface area contributed by atoms with Crippen molar-refractivity contribution in [3.8, 4) is 0 Å². The first-order chi connectivity index (χ1) is 5.41. The van der Waals surface area contributed by atoms with Gasteiger partial charge in [0.15, 0.2) is 0 Å². The summed E-state index contributed by atoms with van der Waals surface area (Å²) in [4.78, 5) is 13.0. The van der Waals surface area contributed by atoms with Gasteiger partial charge in [0.2, 0.25) is 0 Å². The second-order valence-corrected chi connectivity index (χ2v) is 3.23. The van der Waals surface area contributed by atoms with Crippen molar-refractivity contribution in [2.75, 3.05) is 0 Å². The van der Waals surface area contributed by atoms with Crippen molar-refractivity contribution in [3.05, 3.63) is 33.7 Å². The highest BCUT2D eigenvalue weighted by Crippen LogP contribution is 2.32. The first-order valence-corrected chi connectivity index (χ1v) is 3.86. The van der Waals surface area contributed by atoms with Gasteiger partial charge in [0.05, 0.1) is 5.69 Å². The van der Waals surface area contributed by atoms with Gasteiger partial charge in [-0.05, 0) is 13.0 Å². The lowest BCUT2D eigenvalue weighted by molar-refractivity contribution is 0.0983. The van der Waals surface area contributed by atoms with Gasteiger partial charge in [-0.1, -0.05) is 15.3 Å². The number of aromatic amines is 1. The number of aromatic nitrogens is 1. The molecule has 1 aromatic rings. The van der Waals surface area contributed by atoms with E-state index >= 15 is 0 Å². The number of hydrogen-bond acceptors (Lipinski definition) is 1. The van der Waals surface area contributed by atoms with Crippen molar-refractivity contribution in [2.45, 2.75) is 12.6 Å². The van der Waals surface area contributed by atoms with Gasteiger partial charge < -0.3 is 4.98 Å². The van der Waals surface area contributed by atoms with E-state index in [1.165, 1.54) is 21.4 Å². The Balaban J connectivity index is 3.23. The van der Waals surface area contributed by atoms with Crippen LogP contribution in [-0.2, 0) is 5.66 Å². The molecule has 12 heavy (non-hydrogen) atoms. The van der Waals surface area contributed by atoms with Crippen molar-refractivity contribution in [1.29, 1.82) is 0 Å². The number of nitrogens with one attached hydrogen (secondary N) is 1. The van der Waals surface area contributed by atoms with Crippen LogP contribution in [-0.4, -0.2) is 4.98 Å². The molecule has 2 nitrogen and oxygen atoms in total. The van der Waals surface area contributed by atoms with E-state index in [1.54, 1.807) is 6.92 Å². The molecule has 0 bridgehead atoms. The van der Waals surface area contributed by atoms with E-state index < -0.39 is 11.2 Å². The molecule has 1 aromatic heterocycles. The Labute approximate surface area is 70.2 Å². The zero-order chi connectivity index (χ0) is 9.35. The molecular formula is C7H8F2NOP. The summed E-state index contributed by atoms with van der Waals surface area (Å²) >= 11 is 0. The average molecular weight is 191 g/mol. The van der Waals surface area contributed by atoms with E-state index in [2.05, 4.69) is 4.98 Å². The van der Waals surface area contributed by atoms with E-state index in [1.807, 2.05) is 0 Å². The molecule has 0 saturated heterocycles. The Morgan fingerprint density at radius 3 is 2.50 bits per heavy atom. The molecule has 1 N–H and O–H groups in total. The molecule has 1 atom stereocenters. The maximum atomic E-state index is 12.6. The normalized spacial score (nSPS) is 11.7. The van der Waals surface area contributed by atoms with E-state index in [4.69, 9.17) is 0 Å². The number of aryl methyl sites for hydroxylation is 1. The molecule has 0 amide bonds. The fourth-order valence-corrected chi connectivity index (χ4v) is 0.909. The first-order valence-electron chi connectivity index (χ1n) is 3.28. The third-order valence-electron chi connectivity index (χ3n) is 1.47. The van der Waals surface area contributed by atoms with Crippen LogP contribution < -0.4 is 5.56 Å². The first kappa shape index (κ1) is 9.33. The largest absolute Gasteiger partial charge is 0.320 e. The molecule has 0 fully saturated rings. The zero-order valence-corrected chi connectivity index (χ0v) is 7.55. The fraction of sp³-hybridized carbons (Fsp3) is 0.286. The van der Waals surface area contributed by atoms with Gasteiger partial charge in [-0.3, -0.25) is 4.79 Å². The number of H-pyrrole nitrogens is 1. The predicted octanol–water partition coefficient (Wildman–Crippen LogP) is 1.61. The monoisotopic (exact) mass is 191 g/mol.